The average molecular weight is 378 g/mol. The molecule has 1 aromatic heterocycles. The van der Waals surface area contributed by atoms with E-state index in [4.69, 9.17) is 9.47 Å². The van der Waals surface area contributed by atoms with Crippen molar-refractivity contribution >= 4 is 11.9 Å². The summed E-state index contributed by atoms with van der Waals surface area (Å²) in [6, 6.07) is 17.6. The Morgan fingerprint density at radius 1 is 1.07 bits per heavy atom. The number of rotatable bonds is 5. The van der Waals surface area contributed by atoms with Crippen LogP contribution in [0.15, 0.2) is 60.9 Å². The van der Waals surface area contributed by atoms with Crippen LogP contribution < -0.4 is 9.64 Å². The molecule has 0 bridgehead atoms. The fourth-order valence-electron chi connectivity index (χ4n) is 3.83. The summed E-state index contributed by atoms with van der Waals surface area (Å²) in [4.78, 5) is 19.0. The number of methoxy groups -OCH3 is 2. The van der Waals surface area contributed by atoms with Crippen molar-refractivity contribution in [3.05, 3.63) is 72.1 Å². The molecule has 1 amide bonds. The van der Waals surface area contributed by atoms with E-state index in [1.807, 2.05) is 54.6 Å². The van der Waals surface area contributed by atoms with E-state index < -0.39 is 0 Å². The number of para-hydroxylation sites is 1. The molecule has 1 aliphatic heterocycles. The largest absolute Gasteiger partial charge is 0.496 e. The second kappa shape index (κ2) is 7.82. The van der Waals surface area contributed by atoms with Crippen LogP contribution in [0.25, 0.3) is 0 Å². The number of nitrogens with zero attached hydrogens (tertiary/aromatic N) is 4. The van der Waals surface area contributed by atoms with Crippen LogP contribution in [0.2, 0.25) is 0 Å². The smallest absolute Gasteiger partial charge is 0.255 e. The second-order valence-corrected chi connectivity index (χ2v) is 6.62. The van der Waals surface area contributed by atoms with E-state index in [1.54, 1.807) is 16.7 Å². The van der Waals surface area contributed by atoms with Crippen molar-refractivity contribution in [3.63, 3.8) is 0 Å². The standard InChI is InChI=1S/C21H22N4O3/c1-27-13-20(26)24-17(15-8-4-3-5-9-15)12-18(25-21(24)22-14-23-25)16-10-6-7-11-19(16)28-2/h3-11,14,17-18H,12-13H2,1-2H3/t17-,18+/m0/s1. The number of carbonyl (C=O) groups excluding carboxylic acids is 1. The van der Waals surface area contributed by atoms with Gasteiger partial charge in [-0.2, -0.15) is 10.1 Å². The Morgan fingerprint density at radius 3 is 2.57 bits per heavy atom. The van der Waals surface area contributed by atoms with E-state index in [1.165, 1.54) is 13.4 Å². The van der Waals surface area contributed by atoms with E-state index in [0.29, 0.717) is 12.4 Å². The van der Waals surface area contributed by atoms with Gasteiger partial charge in [0.15, 0.2) is 0 Å². The number of hydrogen-bond acceptors (Lipinski definition) is 5. The molecular formula is C21H22N4O3. The van der Waals surface area contributed by atoms with Crippen molar-refractivity contribution in [1.29, 1.82) is 0 Å². The Bertz CT molecular complexity index is 957. The van der Waals surface area contributed by atoms with Crippen LogP contribution in [-0.2, 0) is 9.53 Å². The molecule has 0 spiro atoms. The van der Waals surface area contributed by atoms with Crippen LogP contribution in [-0.4, -0.2) is 41.5 Å². The highest BCUT2D eigenvalue weighted by Gasteiger charge is 2.39. The lowest BCUT2D eigenvalue weighted by Gasteiger charge is -2.39. The van der Waals surface area contributed by atoms with Gasteiger partial charge in [-0.15, -0.1) is 0 Å². The van der Waals surface area contributed by atoms with Gasteiger partial charge in [-0.1, -0.05) is 48.5 Å². The van der Waals surface area contributed by atoms with Crippen LogP contribution in [0.1, 0.15) is 29.6 Å². The number of aromatic nitrogens is 3. The Labute approximate surface area is 163 Å². The molecule has 7 heteroatoms. The van der Waals surface area contributed by atoms with E-state index >= 15 is 0 Å². The second-order valence-electron chi connectivity index (χ2n) is 6.62. The minimum atomic E-state index is -0.185. The van der Waals surface area contributed by atoms with Gasteiger partial charge in [-0.25, -0.2) is 4.68 Å². The normalized spacial score (nSPS) is 18.6. The fraction of sp³-hybridized carbons (Fsp3) is 0.286. The summed E-state index contributed by atoms with van der Waals surface area (Å²) in [6.07, 6.45) is 2.13. The number of benzene rings is 2. The molecule has 144 valence electrons. The zero-order chi connectivity index (χ0) is 19.5. The molecule has 0 N–H and O–H groups in total. The number of anilines is 1. The summed E-state index contributed by atoms with van der Waals surface area (Å²) in [7, 11) is 3.18. The van der Waals surface area contributed by atoms with E-state index in [9.17, 15) is 4.79 Å². The monoisotopic (exact) mass is 378 g/mol. The molecule has 0 saturated carbocycles. The summed E-state index contributed by atoms with van der Waals surface area (Å²) >= 11 is 0. The third-order valence-electron chi connectivity index (χ3n) is 5.04. The summed E-state index contributed by atoms with van der Waals surface area (Å²) < 4.78 is 12.5. The first-order chi connectivity index (χ1) is 13.7. The van der Waals surface area contributed by atoms with Gasteiger partial charge in [-0.3, -0.25) is 9.69 Å². The van der Waals surface area contributed by atoms with Crippen molar-refractivity contribution in [2.24, 2.45) is 0 Å². The van der Waals surface area contributed by atoms with Crippen molar-refractivity contribution in [2.45, 2.75) is 18.5 Å². The minimum absolute atomic E-state index is 0.0183. The predicted molar refractivity (Wildman–Crippen MR) is 104 cm³/mol. The van der Waals surface area contributed by atoms with Gasteiger partial charge in [-0.05, 0) is 18.1 Å². The molecule has 1 aliphatic rings. The molecule has 4 rings (SSSR count). The SMILES string of the molecule is COCC(=O)N1c2ncnn2[C@@H](c2ccccc2OC)C[C@H]1c1ccccc1. The lowest BCUT2D eigenvalue weighted by molar-refractivity contribution is -0.123. The number of carbonyl (C=O) groups is 1. The van der Waals surface area contributed by atoms with Gasteiger partial charge in [0.1, 0.15) is 18.7 Å². The zero-order valence-electron chi connectivity index (χ0n) is 15.9. The van der Waals surface area contributed by atoms with Crippen LogP contribution >= 0.6 is 0 Å². The Kier molecular flexibility index (Phi) is 5.08. The van der Waals surface area contributed by atoms with Gasteiger partial charge in [0, 0.05) is 12.7 Å². The lowest BCUT2D eigenvalue weighted by atomic mass is 9.91. The predicted octanol–water partition coefficient (Wildman–Crippen LogP) is 3.00. The first-order valence-corrected chi connectivity index (χ1v) is 9.13. The Balaban J connectivity index is 1.85. The summed E-state index contributed by atoms with van der Waals surface area (Å²) in [6.45, 7) is -0.0183. The first kappa shape index (κ1) is 18.2. The maximum absolute atomic E-state index is 12.9. The van der Waals surface area contributed by atoms with Gasteiger partial charge >= 0.3 is 0 Å². The fourth-order valence-corrected chi connectivity index (χ4v) is 3.83. The highest BCUT2D eigenvalue weighted by molar-refractivity contribution is 5.93. The lowest BCUT2D eigenvalue weighted by Crippen LogP contribution is -2.44. The molecule has 0 aliphatic carbocycles. The molecular weight excluding hydrogens is 356 g/mol. The molecule has 2 atom stereocenters. The molecule has 0 saturated heterocycles. The maximum Gasteiger partial charge on any atom is 0.255 e. The van der Waals surface area contributed by atoms with Crippen LogP contribution in [0.3, 0.4) is 0 Å². The van der Waals surface area contributed by atoms with Crippen molar-refractivity contribution in [3.8, 4) is 5.75 Å². The highest BCUT2D eigenvalue weighted by Crippen LogP contribution is 2.43. The van der Waals surface area contributed by atoms with Crippen LogP contribution in [0.4, 0.5) is 5.95 Å². The van der Waals surface area contributed by atoms with Crippen LogP contribution in [0.5, 0.6) is 5.75 Å². The quantitative estimate of drug-likeness (QED) is 0.683. The number of ether oxygens (including phenoxy) is 2. The number of hydrogen-bond donors (Lipinski definition) is 0. The first-order valence-electron chi connectivity index (χ1n) is 9.13. The Hall–Kier alpha value is -3.19. The third kappa shape index (κ3) is 3.14. The van der Waals surface area contributed by atoms with E-state index in [0.717, 1.165) is 16.9 Å². The molecule has 28 heavy (non-hydrogen) atoms. The van der Waals surface area contributed by atoms with Gasteiger partial charge in [0.25, 0.3) is 5.91 Å². The summed E-state index contributed by atoms with van der Waals surface area (Å²) in [5.74, 6) is 1.15. The van der Waals surface area contributed by atoms with E-state index in [2.05, 4.69) is 10.1 Å². The van der Waals surface area contributed by atoms with Crippen molar-refractivity contribution < 1.29 is 14.3 Å². The van der Waals surface area contributed by atoms with Gasteiger partial charge in [0.2, 0.25) is 5.95 Å². The average Bonchev–Trinajstić information content (AvgIpc) is 3.23. The topological polar surface area (TPSA) is 69.5 Å². The third-order valence-corrected chi connectivity index (χ3v) is 5.04. The van der Waals surface area contributed by atoms with Gasteiger partial charge < -0.3 is 9.47 Å². The summed E-state index contributed by atoms with van der Waals surface area (Å²) in [5.41, 5.74) is 2.05. The van der Waals surface area contributed by atoms with Crippen molar-refractivity contribution in [1.82, 2.24) is 14.8 Å². The van der Waals surface area contributed by atoms with Crippen LogP contribution in [0, 0.1) is 0 Å². The molecule has 0 radical (unpaired) electrons. The molecule has 0 unspecified atom stereocenters. The molecule has 2 aromatic carbocycles. The number of amides is 1. The molecule has 3 aromatic rings. The minimum Gasteiger partial charge on any atom is -0.496 e. The summed E-state index contributed by atoms with van der Waals surface area (Å²) in [5, 5.41) is 4.43. The zero-order valence-corrected chi connectivity index (χ0v) is 15.9. The molecule has 0 fully saturated rings. The van der Waals surface area contributed by atoms with Crippen molar-refractivity contribution in [2.75, 3.05) is 25.7 Å². The molecule has 7 nitrogen and oxygen atoms in total. The highest BCUT2D eigenvalue weighted by atomic mass is 16.5. The van der Waals surface area contributed by atoms with Gasteiger partial charge in [0.05, 0.1) is 19.2 Å². The molecule has 2 heterocycles. The Morgan fingerprint density at radius 2 is 1.82 bits per heavy atom. The van der Waals surface area contributed by atoms with E-state index in [-0.39, 0.29) is 24.6 Å². The number of fused-ring (bicyclic) bond motifs is 1. The maximum atomic E-state index is 12.9.